The molecule has 7 heteroatoms. The van der Waals surface area contributed by atoms with Crippen molar-refractivity contribution in [3.8, 4) is 11.4 Å². The van der Waals surface area contributed by atoms with Crippen LogP contribution in [0.1, 0.15) is 24.6 Å². The minimum Gasteiger partial charge on any atom is -0.465 e. The van der Waals surface area contributed by atoms with E-state index in [2.05, 4.69) is 20.8 Å². The summed E-state index contributed by atoms with van der Waals surface area (Å²) in [6.07, 6.45) is 6.82. The van der Waals surface area contributed by atoms with Crippen molar-refractivity contribution in [3.63, 3.8) is 0 Å². The Morgan fingerprint density at radius 2 is 2.21 bits per heavy atom. The first-order valence-electron chi connectivity index (χ1n) is 7.70. The van der Waals surface area contributed by atoms with Crippen molar-refractivity contribution in [3.05, 3.63) is 54.5 Å². The van der Waals surface area contributed by atoms with Gasteiger partial charge in [-0.2, -0.15) is 0 Å². The van der Waals surface area contributed by atoms with Gasteiger partial charge in [0.05, 0.1) is 12.3 Å². The van der Waals surface area contributed by atoms with Crippen molar-refractivity contribution in [2.45, 2.75) is 18.9 Å². The van der Waals surface area contributed by atoms with Crippen LogP contribution in [0.25, 0.3) is 17.5 Å². The fourth-order valence-electron chi connectivity index (χ4n) is 2.41. The number of hydrogen-bond acceptors (Lipinski definition) is 5. The van der Waals surface area contributed by atoms with Gasteiger partial charge in [-0.05, 0) is 53.6 Å². The molecular weight excluding hydrogens is 306 g/mol. The number of amides is 1. The molecule has 7 nitrogen and oxygen atoms in total. The second-order valence-electron chi connectivity index (χ2n) is 5.60. The molecule has 4 rings (SSSR count). The molecule has 0 spiro atoms. The van der Waals surface area contributed by atoms with Gasteiger partial charge in [-0.15, -0.1) is 5.10 Å². The highest BCUT2D eigenvalue weighted by Crippen LogP contribution is 2.36. The molecule has 0 radical (unpaired) electrons. The van der Waals surface area contributed by atoms with Crippen molar-refractivity contribution < 1.29 is 9.21 Å². The molecule has 0 saturated heterocycles. The monoisotopic (exact) mass is 321 g/mol. The van der Waals surface area contributed by atoms with Crippen LogP contribution in [0.3, 0.4) is 0 Å². The normalized spacial score (nSPS) is 14.2. The van der Waals surface area contributed by atoms with E-state index in [4.69, 9.17) is 4.42 Å². The third-order valence-corrected chi connectivity index (χ3v) is 3.72. The first kappa shape index (κ1) is 14.4. The van der Waals surface area contributed by atoms with E-state index in [0.717, 1.165) is 24.2 Å². The van der Waals surface area contributed by atoms with E-state index in [1.807, 2.05) is 28.9 Å². The highest BCUT2D eigenvalue weighted by Gasteiger charge is 2.28. The Labute approximate surface area is 138 Å². The van der Waals surface area contributed by atoms with Gasteiger partial charge in [-0.25, -0.2) is 4.68 Å². The molecule has 0 atom stereocenters. The summed E-state index contributed by atoms with van der Waals surface area (Å²) in [4.78, 5) is 12.0. The maximum absolute atomic E-state index is 12.0. The number of rotatable bonds is 5. The third kappa shape index (κ3) is 3.10. The summed E-state index contributed by atoms with van der Waals surface area (Å²) in [6, 6.07) is 11.4. The van der Waals surface area contributed by atoms with Gasteiger partial charge in [-0.3, -0.25) is 4.79 Å². The fourth-order valence-corrected chi connectivity index (χ4v) is 2.41. The van der Waals surface area contributed by atoms with Gasteiger partial charge in [0.15, 0.2) is 5.82 Å². The van der Waals surface area contributed by atoms with Gasteiger partial charge in [0.1, 0.15) is 5.76 Å². The second kappa shape index (κ2) is 6.11. The van der Waals surface area contributed by atoms with Crippen molar-refractivity contribution in [1.82, 2.24) is 20.2 Å². The average Bonchev–Trinajstić information content (AvgIpc) is 3.11. The topological polar surface area (TPSA) is 85.8 Å². The van der Waals surface area contributed by atoms with Crippen LogP contribution in [0.4, 0.5) is 5.69 Å². The summed E-state index contributed by atoms with van der Waals surface area (Å²) in [7, 11) is 0. The van der Waals surface area contributed by atoms with Gasteiger partial charge >= 0.3 is 0 Å². The Kier molecular flexibility index (Phi) is 3.66. The van der Waals surface area contributed by atoms with E-state index >= 15 is 0 Å². The predicted octanol–water partition coefficient (Wildman–Crippen LogP) is 2.92. The van der Waals surface area contributed by atoms with Gasteiger partial charge < -0.3 is 9.73 Å². The molecule has 0 bridgehead atoms. The maximum atomic E-state index is 12.0. The van der Waals surface area contributed by atoms with Crippen LogP contribution >= 0.6 is 0 Å². The molecular formula is C17H15N5O2. The molecule has 1 saturated carbocycles. The Morgan fingerprint density at radius 1 is 1.29 bits per heavy atom. The van der Waals surface area contributed by atoms with Gasteiger partial charge in [0.2, 0.25) is 5.91 Å². The smallest absolute Gasteiger partial charge is 0.248 e. The fraction of sp³-hybridized carbons (Fsp3) is 0.176. The van der Waals surface area contributed by atoms with Crippen LogP contribution < -0.4 is 5.32 Å². The molecule has 1 aliphatic carbocycles. The van der Waals surface area contributed by atoms with Crippen LogP contribution in [0, 0.1) is 0 Å². The standard InChI is InChI=1S/C17H15N5O2/c23-16(9-8-15-5-2-10-24-15)18-13-4-1-3-12(11-13)17-19-20-21-22(17)14-6-7-14/h1-5,8-11,14H,6-7H2,(H,18,23). The number of benzene rings is 1. The van der Waals surface area contributed by atoms with Crippen molar-refractivity contribution in [2.24, 2.45) is 0 Å². The number of tetrazole rings is 1. The lowest BCUT2D eigenvalue weighted by Crippen LogP contribution is -2.08. The summed E-state index contributed by atoms with van der Waals surface area (Å²) >= 11 is 0. The Morgan fingerprint density at radius 3 is 3.00 bits per heavy atom. The molecule has 3 aromatic rings. The Balaban J connectivity index is 1.50. The summed E-state index contributed by atoms with van der Waals surface area (Å²) in [5.74, 6) is 1.12. The van der Waals surface area contributed by atoms with Crippen LogP contribution in [-0.2, 0) is 4.79 Å². The number of carbonyl (C=O) groups excluding carboxylic acids is 1. The minimum atomic E-state index is -0.231. The van der Waals surface area contributed by atoms with E-state index in [-0.39, 0.29) is 5.91 Å². The molecule has 2 heterocycles. The minimum absolute atomic E-state index is 0.231. The summed E-state index contributed by atoms with van der Waals surface area (Å²) in [5, 5.41) is 14.7. The van der Waals surface area contributed by atoms with Crippen LogP contribution in [0.2, 0.25) is 0 Å². The highest BCUT2D eigenvalue weighted by molar-refractivity contribution is 6.02. The lowest BCUT2D eigenvalue weighted by Gasteiger charge is -2.06. The lowest BCUT2D eigenvalue weighted by atomic mass is 10.2. The van der Waals surface area contributed by atoms with Gasteiger partial charge in [0.25, 0.3) is 0 Å². The number of carbonyl (C=O) groups is 1. The number of nitrogens with zero attached hydrogens (tertiary/aromatic N) is 4. The summed E-state index contributed by atoms with van der Waals surface area (Å²) < 4.78 is 7.00. The highest BCUT2D eigenvalue weighted by atomic mass is 16.3. The molecule has 120 valence electrons. The predicted molar refractivity (Wildman–Crippen MR) is 87.9 cm³/mol. The maximum Gasteiger partial charge on any atom is 0.248 e. The number of furan rings is 1. The van der Waals surface area contributed by atoms with Crippen LogP contribution in [0.5, 0.6) is 0 Å². The largest absolute Gasteiger partial charge is 0.465 e. The second-order valence-corrected chi connectivity index (χ2v) is 5.60. The third-order valence-electron chi connectivity index (χ3n) is 3.72. The van der Waals surface area contributed by atoms with E-state index in [9.17, 15) is 4.79 Å². The van der Waals surface area contributed by atoms with Crippen LogP contribution in [0.15, 0.2) is 53.2 Å². The first-order chi connectivity index (χ1) is 11.8. The van der Waals surface area contributed by atoms with Gasteiger partial charge in [0, 0.05) is 17.3 Å². The molecule has 24 heavy (non-hydrogen) atoms. The van der Waals surface area contributed by atoms with Crippen molar-refractivity contribution in [1.29, 1.82) is 0 Å². The van der Waals surface area contributed by atoms with E-state index in [1.165, 1.54) is 6.08 Å². The zero-order valence-corrected chi connectivity index (χ0v) is 12.8. The number of hydrogen-bond donors (Lipinski definition) is 1. The zero-order chi connectivity index (χ0) is 16.4. The quantitative estimate of drug-likeness (QED) is 0.730. The molecule has 1 fully saturated rings. The lowest BCUT2D eigenvalue weighted by molar-refractivity contribution is -0.111. The number of nitrogens with one attached hydrogen (secondary N) is 1. The first-order valence-corrected chi connectivity index (χ1v) is 7.70. The SMILES string of the molecule is O=C(C=Cc1ccco1)Nc1cccc(-c2nnnn2C2CC2)c1. The van der Waals surface area contributed by atoms with Crippen molar-refractivity contribution in [2.75, 3.05) is 5.32 Å². The summed E-state index contributed by atoms with van der Waals surface area (Å²) in [6.45, 7) is 0. The average molecular weight is 321 g/mol. The zero-order valence-electron chi connectivity index (χ0n) is 12.8. The van der Waals surface area contributed by atoms with Crippen molar-refractivity contribution >= 4 is 17.7 Å². The van der Waals surface area contributed by atoms with E-state index < -0.39 is 0 Å². The molecule has 1 amide bonds. The molecule has 0 aliphatic heterocycles. The molecule has 1 aliphatic rings. The Bertz CT molecular complexity index is 878. The number of aromatic nitrogens is 4. The molecule has 2 aromatic heterocycles. The molecule has 1 aromatic carbocycles. The van der Waals surface area contributed by atoms with Crippen LogP contribution in [-0.4, -0.2) is 26.1 Å². The Hall–Kier alpha value is -3.22. The molecule has 0 unspecified atom stereocenters. The molecule has 1 N–H and O–H groups in total. The van der Waals surface area contributed by atoms with E-state index in [1.54, 1.807) is 24.5 Å². The van der Waals surface area contributed by atoms with E-state index in [0.29, 0.717) is 17.5 Å². The van der Waals surface area contributed by atoms with Gasteiger partial charge in [-0.1, -0.05) is 12.1 Å². The number of anilines is 1. The summed E-state index contributed by atoms with van der Waals surface area (Å²) in [5.41, 5.74) is 1.56.